The molecule has 0 fully saturated rings. The topological polar surface area (TPSA) is 33.3 Å². The Hall–Kier alpha value is -2.07. The fourth-order valence-corrected chi connectivity index (χ4v) is 2.05. The molecule has 0 unspecified atom stereocenters. The first-order valence-corrected chi connectivity index (χ1v) is 7.41. The van der Waals surface area contributed by atoms with E-state index in [1.54, 1.807) is 0 Å². The van der Waals surface area contributed by atoms with E-state index in [-0.39, 0.29) is 0 Å². The predicted molar refractivity (Wildman–Crippen MR) is 91.9 cm³/mol. The maximum absolute atomic E-state index is 5.40. The third kappa shape index (κ3) is 5.08. The lowest BCUT2D eigenvalue weighted by molar-refractivity contribution is 0.340. The lowest BCUT2D eigenvalue weighted by Crippen LogP contribution is -2.27. The van der Waals surface area contributed by atoms with Crippen LogP contribution < -0.4 is 15.4 Å². The molecule has 2 rings (SSSR count). The van der Waals surface area contributed by atoms with Crippen molar-refractivity contribution in [1.29, 1.82) is 0 Å². The molecule has 0 atom stereocenters. The highest BCUT2D eigenvalue weighted by atomic mass is 32.1. The molecule has 4 heteroatoms. The van der Waals surface area contributed by atoms with Crippen molar-refractivity contribution in [2.24, 2.45) is 0 Å². The number of ether oxygens (including phenoxy) is 1. The van der Waals surface area contributed by atoms with Crippen molar-refractivity contribution in [1.82, 2.24) is 5.32 Å². The summed E-state index contributed by atoms with van der Waals surface area (Å²) in [6.07, 6.45) is 0. The van der Waals surface area contributed by atoms with Gasteiger partial charge in [0, 0.05) is 12.2 Å². The molecule has 2 N–H and O–H groups in total. The van der Waals surface area contributed by atoms with Crippen molar-refractivity contribution in [2.45, 2.75) is 20.4 Å². The summed E-state index contributed by atoms with van der Waals surface area (Å²) in [4.78, 5) is 0. The highest BCUT2D eigenvalue weighted by Gasteiger charge is 1.99. The molecule has 0 aliphatic heterocycles. The van der Waals surface area contributed by atoms with Crippen LogP contribution in [0.3, 0.4) is 0 Å². The van der Waals surface area contributed by atoms with Crippen LogP contribution in [0.1, 0.15) is 18.1 Å². The zero-order chi connectivity index (χ0) is 15.1. The van der Waals surface area contributed by atoms with E-state index in [1.807, 2.05) is 31.2 Å². The van der Waals surface area contributed by atoms with E-state index in [9.17, 15) is 0 Å². The second-order valence-electron chi connectivity index (χ2n) is 4.75. The van der Waals surface area contributed by atoms with Crippen molar-refractivity contribution in [3.63, 3.8) is 0 Å². The fourth-order valence-electron chi connectivity index (χ4n) is 1.86. The molecule has 0 spiro atoms. The Bertz CT molecular complexity index is 579. The van der Waals surface area contributed by atoms with Gasteiger partial charge in [0.2, 0.25) is 0 Å². The number of hydrogen-bond acceptors (Lipinski definition) is 2. The van der Waals surface area contributed by atoms with Crippen LogP contribution in [0.4, 0.5) is 5.69 Å². The van der Waals surface area contributed by atoms with Crippen LogP contribution >= 0.6 is 12.2 Å². The minimum Gasteiger partial charge on any atom is -0.494 e. The molecule has 0 aliphatic carbocycles. The quantitative estimate of drug-likeness (QED) is 0.821. The second kappa shape index (κ2) is 7.64. The van der Waals surface area contributed by atoms with Gasteiger partial charge in [-0.25, -0.2) is 0 Å². The third-order valence-electron chi connectivity index (χ3n) is 3.00. The van der Waals surface area contributed by atoms with Crippen LogP contribution in [0.15, 0.2) is 48.5 Å². The summed E-state index contributed by atoms with van der Waals surface area (Å²) in [7, 11) is 0. The van der Waals surface area contributed by atoms with Crippen LogP contribution in [0.25, 0.3) is 0 Å². The number of nitrogens with one attached hydrogen (secondary N) is 2. The molecule has 0 bridgehead atoms. The molecule has 0 saturated carbocycles. The van der Waals surface area contributed by atoms with E-state index in [1.165, 1.54) is 11.1 Å². The van der Waals surface area contributed by atoms with Crippen molar-refractivity contribution in [3.05, 3.63) is 59.7 Å². The molecular weight excluding hydrogens is 280 g/mol. The number of hydrogen-bond donors (Lipinski definition) is 2. The molecule has 0 saturated heterocycles. The summed E-state index contributed by atoms with van der Waals surface area (Å²) >= 11 is 5.29. The first-order chi connectivity index (χ1) is 10.2. The van der Waals surface area contributed by atoms with Crippen LogP contribution in [0.5, 0.6) is 5.75 Å². The maximum atomic E-state index is 5.40. The number of aryl methyl sites for hydroxylation is 1. The first-order valence-electron chi connectivity index (χ1n) is 7.00. The lowest BCUT2D eigenvalue weighted by atomic mass is 10.1. The summed E-state index contributed by atoms with van der Waals surface area (Å²) in [6.45, 7) is 5.43. The Morgan fingerprint density at radius 3 is 2.33 bits per heavy atom. The largest absolute Gasteiger partial charge is 0.494 e. The van der Waals surface area contributed by atoms with Gasteiger partial charge < -0.3 is 15.4 Å². The van der Waals surface area contributed by atoms with E-state index >= 15 is 0 Å². The van der Waals surface area contributed by atoms with Gasteiger partial charge >= 0.3 is 0 Å². The molecule has 21 heavy (non-hydrogen) atoms. The van der Waals surface area contributed by atoms with Crippen molar-refractivity contribution < 1.29 is 4.74 Å². The van der Waals surface area contributed by atoms with Crippen molar-refractivity contribution in [3.8, 4) is 5.75 Å². The van der Waals surface area contributed by atoms with Crippen molar-refractivity contribution in [2.75, 3.05) is 11.9 Å². The molecule has 3 nitrogen and oxygen atoms in total. The highest BCUT2D eigenvalue weighted by Crippen LogP contribution is 2.15. The zero-order valence-corrected chi connectivity index (χ0v) is 13.2. The summed E-state index contributed by atoms with van der Waals surface area (Å²) in [6, 6.07) is 16.1. The van der Waals surface area contributed by atoms with Gasteiger partial charge in [-0.3, -0.25) is 0 Å². The number of rotatable bonds is 5. The number of benzene rings is 2. The molecule has 2 aromatic rings. The summed E-state index contributed by atoms with van der Waals surface area (Å²) in [5.74, 6) is 0.863. The average Bonchev–Trinajstić information content (AvgIpc) is 2.49. The molecule has 0 aromatic heterocycles. The summed E-state index contributed by atoms with van der Waals surface area (Å²) in [5.41, 5.74) is 3.41. The van der Waals surface area contributed by atoms with E-state index < -0.39 is 0 Å². The van der Waals surface area contributed by atoms with Crippen LogP contribution in [-0.4, -0.2) is 11.7 Å². The number of thiocarbonyl (C=S) groups is 1. The van der Waals surface area contributed by atoms with Gasteiger partial charge in [-0.1, -0.05) is 29.8 Å². The SMILES string of the molecule is CCOc1ccc(NC(=S)NCc2ccc(C)cc2)cc1. The fraction of sp³-hybridized carbons (Fsp3) is 0.235. The summed E-state index contributed by atoms with van der Waals surface area (Å²) < 4.78 is 5.40. The van der Waals surface area contributed by atoms with Crippen molar-refractivity contribution >= 4 is 23.0 Å². The Morgan fingerprint density at radius 1 is 1.05 bits per heavy atom. The predicted octanol–water partition coefficient (Wildman–Crippen LogP) is 3.88. The van der Waals surface area contributed by atoms with Gasteiger partial charge in [-0.05, 0) is 55.9 Å². The molecule has 110 valence electrons. The zero-order valence-electron chi connectivity index (χ0n) is 12.3. The summed E-state index contributed by atoms with van der Waals surface area (Å²) in [5, 5.41) is 6.96. The van der Waals surface area contributed by atoms with Crippen LogP contribution in [-0.2, 0) is 6.54 Å². The van der Waals surface area contributed by atoms with Gasteiger partial charge in [0.15, 0.2) is 5.11 Å². The molecule has 0 radical (unpaired) electrons. The van der Waals surface area contributed by atoms with E-state index in [4.69, 9.17) is 17.0 Å². The van der Waals surface area contributed by atoms with Gasteiger partial charge in [0.1, 0.15) is 5.75 Å². The van der Waals surface area contributed by atoms with Crippen LogP contribution in [0, 0.1) is 6.92 Å². The average molecular weight is 300 g/mol. The Morgan fingerprint density at radius 2 is 1.71 bits per heavy atom. The minimum absolute atomic E-state index is 0.611. The Labute approximate surface area is 131 Å². The smallest absolute Gasteiger partial charge is 0.171 e. The lowest BCUT2D eigenvalue weighted by Gasteiger charge is -2.11. The van der Waals surface area contributed by atoms with Gasteiger partial charge in [0.05, 0.1) is 6.61 Å². The standard InChI is InChI=1S/C17H20N2OS/c1-3-20-16-10-8-15(9-11-16)19-17(21)18-12-14-6-4-13(2)5-7-14/h4-11H,3,12H2,1-2H3,(H2,18,19,21). The second-order valence-corrected chi connectivity index (χ2v) is 5.16. The Balaban J connectivity index is 1.82. The molecular formula is C17H20N2OS. The maximum Gasteiger partial charge on any atom is 0.171 e. The number of anilines is 1. The van der Waals surface area contributed by atoms with E-state index in [2.05, 4.69) is 41.8 Å². The Kier molecular flexibility index (Phi) is 5.58. The van der Waals surface area contributed by atoms with Crippen LogP contribution in [0.2, 0.25) is 0 Å². The molecule has 2 aromatic carbocycles. The molecule has 0 amide bonds. The molecule has 0 heterocycles. The minimum atomic E-state index is 0.611. The normalized spacial score (nSPS) is 10.0. The monoisotopic (exact) mass is 300 g/mol. The first kappa shape index (κ1) is 15.3. The van der Waals surface area contributed by atoms with E-state index in [0.29, 0.717) is 18.3 Å². The third-order valence-corrected chi connectivity index (χ3v) is 3.24. The molecule has 0 aliphatic rings. The van der Waals surface area contributed by atoms with Gasteiger partial charge in [0.25, 0.3) is 0 Å². The van der Waals surface area contributed by atoms with Gasteiger partial charge in [-0.2, -0.15) is 0 Å². The highest BCUT2D eigenvalue weighted by molar-refractivity contribution is 7.80. The van der Waals surface area contributed by atoms with Gasteiger partial charge in [-0.15, -0.1) is 0 Å². The van der Waals surface area contributed by atoms with E-state index in [0.717, 1.165) is 11.4 Å².